The first kappa shape index (κ1) is 13.7. The minimum absolute atomic E-state index is 0.0953. The van der Waals surface area contributed by atoms with E-state index in [9.17, 15) is 19.2 Å². The van der Waals surface area contributed by atoms with Gasteiger partial charge in [0, 0.05) is 14.1 Å². The molecule has 6 nitrogen and oxygen atoms in total. The lowest BCUT2D eigenvalue weighted by molar-refractivity contribution is -0.139. The number of rotatable bonds is 0. The number of likely N-dealkylation sites (tertiary alicyclic amines) is 2. The fraction of sp³-hybridized carbons (Fsp3) is 0.625. The predicted octanol–water partition coefficient (Wildman–Crippen LogP) is 0.188. The van der Waals surface area contributed by atoms with Crippen LogP contribution < -0.4 is 0 Å². The molecule has 2 aliphatic carbocycles. The molecule has 2 saturated heterocycles. The van der Waals surface area contributed by atoms with Gasteiger partial charge in [-0.3, -0.25) is 29.0 Å². The van der Waals surface area contributed by atoms with Crippen LogP contribution in [0.15, 0.2) is 11.6 Å². The maximum absolute atomic E-state index is 12.2. The van der Waals surface area contributed by atoms with E-state index in [0.29, 0.717) is 19.3 Å². The minimum Gasteiger partial charge on any atom is -0.285 e. The minimum atomic E-state index is -0.370. The monoisotopic (exact) mass is 302 g/mol. The summed E-state index contributed by atoms with van der Waals surface area (Å²) in [7, 11) is 3.07. The first-order valence-electron chi connectivity index (χ1n) is 7.73. The van der Waals surface area contributed by atoms with E-state index in [-0.39, 0.29) is 53.2 Å². The highest BCUT2D eigenvalue weighted by atomic mass is 16.2. The summed E-state index contributed by atoms with van der Waals surface area (Å²) in [4.78, 5) is 51.1. The van der Waals surface area contributed by atoms with Crippen molar-refractivity contribution in [2.75, 3.05) is 14.1 Å². The van der Waals surface area contributed by atoms with Crippen LogP contribution in [0.3, 0.4) is 0 Å². The van der Waals surface area contributed by atoms with Crippen molar-refractivity contribution in [3.63, 3.8) is 0 Å². The van der Waals surface area contributed by atoms with Crippen LogP contribution in [0.25, 0.3) is 0 Å². The van der Waals surface area contributed by atoms with Crippen molar-refractivity contribution in [1.29, 1.82) is 0 Å². The van der Waals surface area contributed by atoms with Gasteiger partial charge in [-0.2, -0.15) is 0 Å². The second-order valence-corrected chi connectivity index (χ2v) is 6.93. The number of nitrogens with zero attached hydrogens (tertiary/aromatic N) is 2. The number of carbonyl (C=O) groups is 4. The van der Waals surface area contributed by atoms with Gasteiger partial charge in [-0.25, -0.2) is 0 Å². The number of imide groups is 2. The quantitative estimate of drug-likeness (QED) is 0.473. The summed E-state index contributed by atoms with van der Waals surface area (Å²) in [6.07, 6.45) is 3.72. The molecule has 0 N–H and O–H groups in total. The highest BCUT2D eigenvalue weighted by Gasteiger charge is 2.54. The van der Waals surface area contributed by atoms with Gasteiger partial charge in [-0.1, -0.05) is 11.6 Å². The van der Waals surface area contributed by atoms with Crippen molar-refractivity contribution < 1.29 is 19.2 Å². The van der Waals surface area contributed by atoms with Crippen LogP contribution in [0.1, 0.15) is 19.3 Å². The number of allylic oxidation sites excluding steroid dienone is 1. The summed E-state index contributed by atoms with van der Waals surface area (Å²) in [5, 5.41) is 0. The summed E-state index contributed by atoms with van der Waals surface area (Å²) < 4.78 is 0. The maximum Gasteiger partial charge on any atom is 0.236 e. The molecule has 4 amide bonds. The van der Waals surface area contributed by atoms with E-state index < -0.39 is 0 Å². The largest absolute Gasteiger partial charge is 0.285 e. The normalized spacial score (nSPS) is 40.6. The molecular weight excluding hydrogens is 284 g/mol. The van der Waals surface area contributed by atoms with Gasteiger partial charge in [0.1, 0.15) is 0 Å². The molecule has 5 atom stereocenters. The van der Waals surface area contributed by atoms with Crippen molar-refractivity contribution in [3.05, 3.63) is 11.6 Å². The van der Waals surface area contributed by atoms with Gasteiger partial charge < -0.3 is 0 Å². The van der Waals surface area contributed by atoms with Crippen LogP contribution >= 0.6 is 0 Å². The molecule has 0 bridgehead atoms. The fourth-order valence-corrected chi connectivity index (χ4v) is 4.65. The molecule has 0 aromatic carbocycles. The molecule has 3 fully saturated rings. The first-order chi connectivity index (χ1) is 10.4. The molecule has 2 heterocycles. The molecular formula is C16H18N2O4. The molecule has 2 aliphatic heterocycles. The van der Waals surface area contributed by atoms with Crippen LogP contribution in [-0.4, -0.2) is 47.5 Å². The lowest BCUT2D eigenvalue weighted by atomic mass is 9.65. The van der Waals surface area contributed by atoms with Crippen LogP contribution in [0.5, 0.6) is 0 Å². The molecule has 22 heavy (non-hydrogen) atoms. The summed E-state index contributed by atoms with van der Waals surface area (Å²) >= 11 is 0. The summed E-state index contributed by atoms with van der Waals surface area (Å²) in [6, 6.07) is 0. The van der Waals surface area contributed by atoms with E-state index in [1.165, 1.54) is 23.9 Å². The van der Waals surface area contributed by atoms with Gasteiger partial charge in [-0.15, -0.1) is 0 Å². The molecule has 0 radical (unpaired) electrons. The Morgan fingerprint density at radius 3 is 2.09 bits per heavy atom. The van der Waals surface area contributed by atoms with Gasteiger partial charge in [0.15, 0.2) is 0 Å². The second kappa shape index (κ2) is 4.27. The number of fused-ring (bicyclic) bond motifs is 3. The molecule has 0 aromatic heterocycles. The Bertz CT molecular complexity index is 653. The molecule has 6 heteroatoms. The average Bonchev–Trinajstić information content (AvgIpc) is 2.85. The van der Waals surface area contributed by atoms with E-state index in [4.69, 9.17) is 0 Å². The van der Waals surface area contributed by atoms with Gasteiger partial charge in [0.05, 0.1) is 23.7 Å². The van der Waals surface area contributed by atoms with E-state index in [0.717, 1.165) is 5.57 Å². The average molecular weight is 302 g/mol. The lowest BCUT2D eigenvalue weighted by Gasteiger charge is -2.36. The van der Waals surface area contributed by atoms with E-state index >= 15 is 0 Å². The van der Waals surface area contributed by atoms with Crippen LogP contribution in [0, 0.1) is 29.6 Å². The fourth-order valence-electron chi connectivity index (χ4n) is 4.65. The number of hydrogen-bond donors (Lipinski definition) is 0. The number of carbonyl (C=O) groups excluding carboxylic acids is 4. The third-order valence-electron chi connectivity index (χ3n) is 5.93. The Morgan fingerprint density at radius 2 is 1.36 bits per heavy atom. The standard InChI is InChI=1S/C16H18N2O4/c1-17-13(19)9-3-7-5-11-12(16(22)18(2)15(11)21)6-8(7)4-10(9)14(17)20/h3,8-12H,4-6H2,1-2H3/t8-,9+,10-,11+,12-/m1/s1. The van der Waals surface area contributed by atoms with Crippen molar-refractivity contribution in [2.45, 2.75) is 19.3 Å². The maximum atomic E-state index is 12.2. The topological polar surface area (TPSA) is 74.8 Å². The Balaban J connectivity index is 1.67. The highest BCUT2D eigenvalue weighted by molar-refractivity contribution is 6.07. The van der Waals surface area contributed by atoms with Crippen molar-refractivity contribution in [1.82, 2.24) is 9.80 Å². The Hall–Kier alpha value is -1.98. The summed E-state index contributed by atoms with van der Waals surface area (Å²) in [5.41, 5.74) is 1.09. The Labute approximate surface area is 128 Å². The van der Waals surface area contributed by atoms with Crippen LogP contribution in [-0.2, 0) is 19.2 Å². The molecule has 0 spiro atoms. The summed E-state index contributed by atoms with van der Waals surface area (Å²) in [5.74, 6) is -1.49. The second-order valence-electron chi connectivity index (χ2n) is 6.93. The third-order valence-corrected chi connectivity index (χ3v) is 5.93. The van der Waals surface area contributed by atoms with Gasteiger partial charge >= 0.3 is 0 Å². The SMILES string of the molecule is CN1C(=O)[C@H]2C=C3C[C@@H]4C(=O)N(C)C(=O)[C@@H]4C[C@H]3C[C@H]2C1=O. The van der Waals surface area contributed by atoms with Crippen molar-refractivity contribution in [3.8, 4) is 0 Å². The van der Waals surface area contributed by atoms with Crippen molar-refractivity contribution >= 4 is 23.6 Å². The molecule has 0 unspecified atom stereocenters. The molecule has 1 saturated carbocycles. The Kier molecular flexibility index (Phi) is 2.65. The molecule has 4 aliphatic rings. The van der Waals surface area contributed by atoms with E-state index in [1.54, 1.807) is 0 Å². The van der Waals surface area contributed by atoms with Gasteiger partial charge in [0.25, 0.3) is 0 Å². The van der Waals surface area contributed by atoms with Gasteiger partial charge in [0.2, 0.25) is 23.6 Å². The number of hydrogen-bond acceptors (Lipinski definition) is 4. The zero-order valence-electron chi connectivity index (χ0n) is 12.6. The Morgan fingerprint density at radius 1 is 0.818 bits per heavy atom. The first-order valence-corrected chi connectivity index (χ1v) is 7.73. The lowest BCUT2D eigenvalue weighted by Crippen LogP contribution is -2.34. The van der Waals surface area contributed by atoms with Crippen LogP contribution in [0.2, 0.25) is 0 Å². The number of amides is 4. The molecule has 0 aromatic rings. The summed E-state index contributed by atoms with van der Waals surface area (Å²) in [6.45, 7) is 0. The smallest absolute Gasteiger partial charge is 0.236 e. The van der Waals surface area contributed by atoms with Crippen LogP contribution in [0.4, 0.5) is 0 Å². The third kappa shape index (κ3) is 1.55. The molecule has 4 rings (SSSR count). The van der Waals surface area contributed by atoms with Gasteiger partial charge in [-0.05, 0) is 25.2 Å². The zero-order valence-corrected chi connectivity index (χ0v) is 12.6. The van der Waals surface area contributed by atoms with E-state index in [2.05, 4.69) is 0 Å². The molecule has 116 valence electrons. The highest BCUT2D eigenvalue weighted by Crippen LogP contribution is 2.50. The zero-order chi connectivity index (χ0) is 15.8. The predicted molar refractivity (Wildman–Crippen MR) is 74.9 cm³/mol. The van der Waals surface area contributed by atoms with Crippen molar-refractivity contribution in [2.24, 2.45) is 29.6 Å². The van der Waals surface area contributed by atoms with E-state index in [1.807, 2.05) is 6.08 Å².